The normalized spacial score (nSPS) is 12.9. The summed E-state index contributed by atoms with van der Waals surface area (Å²) in [7, 11) is 3.25. The van der Waals surface area contributed by atoms with E-state index < -0.39 is 6.04 Å². The van der Waals surface area contributed by atoms with E-state index in [9.17, 15) is 9.59 Å². The molecule has 0 aliphatic carbocycles. The van der Waals surface area contributed by atoms with E-state index in [1.807, 2.05) is 37.3 Å². The molecule has 0 saturated heterocycles. The minimum Gasteiger partial charge on any atom is -0.495 e. The monoisotopic (exact) mass is 403 g/mol. The van der Waals surface area contributed by atoms with Crippen molar-refractivity contribution in [1.82, 2.24) is 10.2 Å². The van der Waals surface area contributed by atoms with Crippen LogP contribution >= 0.6 is 11.6 Å². The number of carbonyl (C=O) groups is 2. The Morgan fingerprint density at radius 2 is 1.82 bits per heavy atom. The molecular weight excluding hydrogens is 378 g/mol. The van der Waals surface area contributed by atoms with Gasteiger partial charge in [0.05, 0.1) is 31.4 Å². The lowest BCUT2D eigenvalue weighted by Crippen LogP contribution is -2.46. The number of hydrogen-bond donors (Lipinski definition) is 2. The van der Waals surface area contributed by atoms with Crippen LogP contribution in [0.5, 0.6) is 5.75 Å². The molecule has 2 amide bonds. The summed E-state index contributed by atoms with van der Waals surface area (Å²) in [5.41, 5.74) is 1.51. The number of nitrogens with one attached hydrogen (secondary N) is 2. The Hall–Kier alpha value is -2.57. The minimum atomic E-state index is -0.474. The van der Waals surface area contributed by atoms with Gasteiger partial charge in [-0.3, -0.25) is 14.5 Å². The number of nitrogens with zero attached hydrogens (tertiary/aromatic N) is 1. The van der Waals surface area contributed by atoms with Crippen LogP contribution in [0.15, 0.2) is 48.5 Å². The van der Waals surface area contributed by atoms with Gasteiger partial charge in [-0.2, -0.15) is 0 Å². The van der Waals surface area contributed by atoms with Crippen molar-refractivity contribution in [1.29, 1.82) is 0 Å². The molecule has 150 valence electrons. The summed E-state index contributed by atoms with van der Waals surface area (Å²) < 4.78 is 5.23. The molecule has 2 atom stereocenters. The number of hydrogen-bond acceptors (Lipinski definition) is 4. The highest BCUT2D eigenvalue weighted by Crippen LogP contribution is 2.27. The number of carbonyl (C=O) groups excluding carboxylic acids is 2. The number of benzene rings is 2. The van der Waals surface area contributed by atoms with Crippen LogP contribution in [-0.2, 0) is 9.59 Å². The molecule has 2 aromatic rings. The molecule has 7 heteroatoms. The summed E-state index contributed by atoms with van der Waals surface area (Å²) in [5.74, 6) is 0.105. The minimum absolute atomic E-state index is 0.0456. The number of halogens is 1. The predicted molar refractivity (Wildman–Crippen MR) is 112 cm³/mol. The first-order valence-corrected chi connectivity index (χ1v) is 9.38. The maximum absolute atomic E-state index is 12.5. The Bertz CT molecular complexity index is 814. The van der Waals surface area contributed by atoms with Crippen molar-refractivity contribution in [2.75, 3.05) is 26.0 Å². The number of anilines is 1. The molecule has 2 rings (SSSR count). The van der Waals surface area contributed by atoms with Gasteiger partial charge < -0.3 is 15.4 Å². The van der Waals surface area contributed by atoms with Crippen molar-refractivity contribution in [2.45, 2.75) is 25.9 Å². The Morgan fingerprint density at radius 1 is 1.14 bits per heavy atom. The van der Waals surface area contributed by atoms with Gasteiger partial charge in [-0.1, -0.05) is 41.9 Å². The lowest BCUT2D eigenvalue weighted by Gasteiger charge is -2.25. The summed E-state index contributed by atoms with van der Waals surface area (Å²) in [6.45, 7) is 3.74. The highest BCUT2D eigenvalue weighted by atomic mass is 35.5. The second-order valence-corrected chi connectivity index (χ2v) is 7.06. The third-order valence-electron chi connectivity index (χ3n) is 4.53. The Morgan fingerprint density at radius 3 is 2.46 bits per heavy atom. The zero-order valence-corrected chi connectivity index (χ0v) is 17.3. The summed E-state index contributed by atoms with van der Waals surface area (Å²) >= 11 is 5.98. The molecule has 6 nitrogen and oxygen atoms in total. The standard InChI is InChI=1S/C21H26ClN3O3/c1-14(16-8-6-5-7-9-16)23-21(27)15(2)25(3)13-20(26)24-18-12-17(22)10-11-19(18)28-4/h5-12,14-15H,13H2,1-4H3,(H,23,27)(H,24,26). The summed E-state index contributed by atoms with van der Waals surface area (Å²) in [6.07, 6.45) is 0. The molecule has 0 radical (unpaired) electrons. The molecule has 0 heterocycles. The van der Waals surface area contributed by atoms with Crippen LogP contribution in [-0.4, -0.2) is 43.5 Å². The van der Waals surface area contributed by atoms with E-state index in [1.54, 1.807) is 37.1 Å². The molecule has 0 fully saturated rings. The average Bonchev–Trinajstić information content (AvgIpc) is 2.68. The van der Waals surface area contributed by atoms with E-state index in [1.165, 1.54) is 7.11 Å². The number of ether oxygens (including phenoxy) is 1. The fraction of sp³-hybridized carbons (Fsp3) is 0.333. The summed E-state index contributed by atoms with van der Waals surface area (Å²) in [6, 6.07) is 14.1. The Balaban J connectivity index is 1.92. The quantitative estimate of drug-likeness (QED) is 0.707. The zero-order chi connectivity index (χ0) is 20.7. The van der Waals surface area contributed by atoms with Crippen LogP contribution in [0.2, 0.25) is 5.02 Å². The van der Waals surface area contributed by atoms with Crippen LogP contribution < -0.4 is 15.4 Å². The Kier molecular flexibility index (Phi) is 7.84. The molecule has 28 heavy (non-hydrogen) atoms. The maximum atomic E-state index is 12.5. The first-order valence-electron chi connectivity index (χ1n) is 9.00. The van der Waals surface area contributed by atoms with E-state index in [4.69, 9.17) is 16.3 Å². The molecule has 0 bridgehead atoms. The SMILES string of the molecule is COc1ccc(Cl)cc1NC(=O)CN(C)C(C)C(=O)NC(C)c1ccccc1. The summed E-state index contributed by atoms with van der Waals surface area (Å²) in [5, 5.41) is 6.24. The Labute approximate surface area is 170 Å². The molecule has 0 aliphatic heterocycles. The number of rotatable bonds is 8. The van der Waals surface area contributed by atoms with Crippen molar-refractivity contribution >= 4 is 29.1 Å². The molecule has 0 spiro atoms. The fourth-order valence-corrected chi connectivity index (χ4v) is 2.86. The van der Waals surface area contributed by atoms with E-state index in [-0.39, 0.29) is 24.4 Å². The van der Waals surface area contributed by atoms with Gasteiger partial charge in [0.25, 0.3) is 0 Å². The smallest absolute Gasteiger partial charge is 0.238 e. The lowest BCUT2D eigenvalue weighted by atomic mass is 10.1. The average molecular weight is 404 g/mol. The van der Waals surface area contributed by atoms with Gasteiger partial charge in [0, 0.05) is 5.02 Å². The molecule has 0 saturated carbocycles. The second kappa shape index (κ2) is 10.1. The van der Waals surface area contributed by atoms with Crippen LogP contribution in [0, 0.1) is 0 Å². The van der Waals surface area contributed by atoms with E-state index in [2.05, 4.69) is 10.6 Å². The van der Waals surface area contributed by atoms with Gasteiger partial charge in [-0.05, 0) is 44.7 Å². The molecule has 2 aromatic carbocycles. The van der Waals surface area contributed by atoms with Crippen molar-refractivity contribution in [3.63, 3.8) is 0 Å². The third-order valence-corrected chi connectivity index (χ3v) is 4.76. The van der Waals surface area contributed by atoms with Crippen molar-refractivity contribution in [3.05, 3.63) is 59.1 Å². The van der Waals surface area contributed by atoms with E-state index in [0.717, 1.165) is 5.56 Å². The van der Waals surface area contributed by atoms with Crippen LogP contribution in [0.25, 0.3) is 0 Å². The van der Waals surface area contributed by atoms with Crippen LogP contribution in [0.1, 0.15) is 25.5 Å². The van der Waals surface area contributed by atoms with E-state index >= 15 is 0 Å². The molecule has 0 aliphatic rings. The first-order chi connectivity index (χ1) is 13.3. The lowest BCUT2D eigenvalue weighted by molar-refractivity contribution is -0.127. The van der Waals surface area contributed by atoms with Crippen LogP contribution in [0.4, 0.5) is 5.69 Å². The topological polar surface area (TPSA) is 70.7 Å². The third kappa shape index (κ3) is 5.97. The van der Waals surface area contributed by atoms with Gasteiger partial charge in [-0.25, -0.2) is 0 Å². The van der Waals surface area contributed by atoms with Crippen molar-refractivity contribution in [3.8, 4) is 5.75 Å². The molecule has 2 N–H and O–H groups in total. The van der Waals surface area contributed by atoms with Crippen molar-refractivity contribution < 1.29 is 14.3 Å². The molecular formula is C21H26ClN3O3. The predicted octanol–water partition coefficient (Wildman–Crippen LogP) is 3.48. The zero-order valence-electron chi connectivity index (χ0n) is 16.5. The van der Waals surface area contributed by atoms with Crippen molar-refractivity contribution in [2.24, 2.45) is 0 Å². The van der Waals surface area contributed by atoms with Crippen LogP contribution in [0.3, 0.4) is 0 Å². The van der Waals surface area contributed by atoms with Gasteiger partial charge in [0.15, 0.2) is 0 Å². The fourth-order valence-electron chi connectivity index (χ4n) is 2.69. The number of amides is 2. The second-order valence-electron chi connectivity index (χ2n) is 6.62. The summed E-state index contributed by atoms with van der Waals surface area (Å²) in [4.78, 5) is 26.6. The number of methoxy groups -OCH3 is 1. The highest BCUT2D eigenvalue weighted by molar-refractivity contribution is 6.31. The van der Waals surface area contributed by atoms with Gasteiger partial charge in [0.1, 0.15) is 5.75 Å². The molecule has 2 unspecified atom stereocenters. The number of likely N-dealkylation sites (N-methyl/N-ethyl adjacent to an activating group) is 1. The first kappa shape index (κ1) is 21.7. The van der Waals surface area contributed by atoms with Gasteiger partial charge in [0.2, 0.25) is 11.8 Å². The van der Waals surface area contributed by atoms with Gasteiger partial charge in [-0.15, -0.1) is 0 Å². The highest BCUT2D eigenvalue weighted by Gasteiger charge is 2.22. The van der Waals surface area contributed by atoms with Gasteiger partial charge >= 0.3 is 0 Å². The maximum Gasteiger partial charge on any atom is 0.238 e. The largest absolute Gasteiger partial charge is 0.495 e. The van der Waals surface area contributed by atoms with E-state index in [0.29, 0.717) is 16.5 Å². The molecule has 0 aromatic heterocycles.